The van der Waals surface area contributed by atoms with Gasteiger partial charge in [0.2, 0.25) is 0 Å². The Morgan fingerprint density at radius 2 is 2.03 bits per heavy atom. The molecule has 0 aliphatic carbocycles. The van der Waals surface area contributed by atoms with Crippen LogP contribution in [0.5, 0.6) is 0 Å². The highest BCUT2D eigenvalue weighted by atomic mass is 35.5. The number of nitrogens with two attached hydrogens (primary N) is 1. The number of nitrogen functional groups attached to an aromatic ring is 1. The van der Waals surface area contributed by atoms with Crippen LogP contribution in [0.15, 0.2) is 22.8 Å². The second kappa shape index (κ2) is 7.74. The molecule has 1 saturated heterocycles. The zero-order valence-corrected chi connectivity index (χ0v) is 17.4. The average Bonchev–Trinajstić information content (AvgIpc) is 3.12. The van der Waals surface area contributed by atoms with Gasteiger partial charge in [-0.3, -0.25) is 4.79 Å². The van der Waals surface area contributed by atoms with Crippen LogP contribution in [0.2, 0.25) is 5.02 Å². The van der Waals surface area contributed by atoms with Gasteiger partial charge < -0.3 is 25.1 Å². The molecular weight excluding hydrogens is 401 g/mol. The largest absolute Gasteiger partial charge is 0.463 e. The molecule has 1 aliphatic heterocycles. The number of nitrogens with zero attached hydrogens (tertiary/aromatic N) is 1. The van der Waals surface area contributed by atoms with E-state index in [2.05, 4.69) is 5.32 Å². The van der Waals surface area contributed by atoms with Crippen LogP contribution in [-0.2, 0) is 4.74 Å². The molecule has 0 bridgehead atoms. The number of anilines is 1. The lowest BCUT2D eigenvalue weighted by atomic mass is 9.93. The average molecular weight is 426 g/mol. The van der Waals surface area contributed by atoms with Crippen molar-refractivity contribution in [1.29, 1.82) is 0 Å². The van der Waals surface area contributed by atoms with Crippen molar-refractivity contribution in [2.24, 2.45) is 0 Å². The summed E-state index contributed by atoms with van der Waals surface area (Å²) in [5, 5.41) is 3.37. The van der Waals surface area contributed by atoms with Crippen molar-refractivity contribution in [2.45, 2.75) is 44.9 Å². The quantitative estimate of drug-likeness (QED) is 0.720. The van der Waals surface area contributed by atoms with E-state index in [-0.39, 0.29) is 43.1 Å². The smallest absolute Gasteiger partial charge is 0.410 e. The fraction of sp³-hybridized carbons (Fsp3) is 0.500. The second-order valence-electron chi connectivity index (χ2n) is 8.28. The Morgan fingerprint density at radius 3 is 2.66 bits per heavy atom. The molecule has 0 saturated carbocycles. The Bertz CT molecular complexity index is 930. The number of fused-ring (bicyclic) bond motifs is 1. The molecule has 1 aromatic heterocycles. The molecule has 0 unspecified atom stereocenters. The third kappa shape index (κ3) is 4.75. The maximum atomic E-state index is 15.2. The monoisotopic (exact) mass is 425 g/mol. The molecule has 158 valence electrons. The Hall–Kier alpha value is -2.48. The lowest BCUT2D eigenvalue weighted by molar-refractivity contribution is 0.00339. The Balaban J connectivity index is 1.61. The Kier molecular flexibility index (Phi) is 5.67. The molecule has 3 N–H and O–H groups in total. The predicted octanol–water partition coefficient (Wildman–Crippen LogP) is 4.14. The van der Waals surface area contributed by atoms with E-state index in [0.29, 0.717) is 16.7 Å². The van der Waals surface area contributed by atoms with Crippen molar-refractivity contribution >= 4 is 40.3 Å². The summed E-state index contributed by atoms with van der Waals surface area (Å²) in [6.07, 6.45) is 1.16. The highest BCUT2D eigenvalue weighted by Gasteiger charge is 2.37. The van der Waals surface area contributed by atoms with Crippen LogP contribution in [0.3, 0.4) is 0 Å². The van der Waals surface area contributed by atoms with Gasteiger partial charge in [0, 0.05) is 31.3 Å². The van der Waals surface area contributed by atoms with E-state index in [0.717, 1.165) is 0 Å². The van der Waals surface area contributed by atoms with Crippen LogP contribution in [0.1, 0.15) is 44.0 Å². The van der Waals surface area contributed by atoms with E-state index >= 15 is 4.39 Å². The molecular formula is C20H25ClFN3O4. The zero-order valence-electron chi connectivity index (χ0n) is 16.7. The molecule has 9 heteroatoms. The third-order valence-corrected chi connectivity index (χ3v) is 5.16. The second-order valence-corrected chi connectivity index (χ2v) is 8.69. The number of ether oxygens (including phenoxy) is 1. The summed E-state index contributed by atoms with van der Waals surface area (Å²) in [5.74, 6) is -0.501. The van der Waals surface area contributed by atoms with Crippen molar-refractivity contribution in [3.05, 3.63) is 29.0 Å². The highest BCUT2D eigenvalue weighted by Crippen LogP contribution is 2.33. The number of rotatable bonds is 3. The fourth-order valence-electron chi connectivity index (χ4n) is 3.22. The minimum Gasteiger partial charge on any atom is -0.463 e. The summed E-state index contributed by atoms with van der Waals surface area (Å²) in [4.78, 5) is 26.2. The molecule has 2 amide bonds. The maximum Gasteiger partial charge on any atom is 0.410 e. The first-order valence-corrected chi connectivity index (χ1v) is 9.77. The van der Waals surface area contributed by atoms with Gasteiger partial charge in [-0.15, -0.1) is 0 Å². The molecule has 1 aliphatic rings. The lowest BCUT2D eigenvalue weighted by Crippen LogP contribution is -2.50. The number of alkyl halides is 1. The van der Waals surface area contributed by atoms with Gasteiger partial charge >= 0.3 is 6.09 Å². The lowest BCUT2D eigenvalue weighted by Gasteiger charge is -2.37. The van der Waals surface area contributed by atoms with Crippen molar-refractivity contribution in [2.75, 3.05) is 25.4 Å². The molecule has 3 rings (SSSR count). The number of furan rings is 1. The first kappa shape index (κ1) is 21.2. The summed E-state index contributed by atoms with van der Waals surface area (Å²) in [7, 11) is 0. The number of piperidine rings is 1. The van der Waals surface area contributed by atoms with Crippen molar-refractivity contribution in [1.82, 2.24) is 10.2 Å². The van der Waals surface area contributed by atoms with Crippen LogP contribution >= 0.6 is 11.6 Å². The van der Waals surface area contributed by atoms with Gasteiger partial charge in [0.25, 0.3) is 5.91 Å². The van der Waals surface area contributed by atoms with E-state index in [9.17, 15) is 9.59 Å². The number of hydrogen-bond acceptors (Lipinski definition) is 5. The molecule has 0 spiro atoms. The zero-order chi connectivity index (χ0) is 21.4. The Labute approximate surface area is 173 Å². The van der Waals surface area contributed by atoms with E-state index in [4.69, 9.17) is 26.5 Å². The molecule has 1 aromatic carbocycles. The number of carbonyl (C=O) groups excluding carboxylic acids is 2. The number of carbonyl (C=O) groups is 2. The van der Waals surface area contributed by atoms with Crippen molar-refractivity contribution < 1.29 is 23.1 Å². The van der Waals surface area contributed by atoms with Crippen LogP contribution in [0.4, 0.5) is 14.9 Å². The third-order valence-electron chi connectivity index (χ3n) is 4.85. The Morgan fingerprint density at radius 1 is 1.38 bits per heavy atom. The number of nitrogens with one attached hydrogen (secondary N) is 1. The number of benzene rings is 1. The van der Waals surface area contributed by atoms with Crippen molar-refractivity contribution in [3.8, 4) is 0 Å². The number of likely N-dealkylation sites (tertiary alicyclic amines) is 1. The summed E-state index contributed by atoms with van der Waals surface area (Å²) < 4.78 is 25.8. The van der Waals surface area contributed by atoms with Gasteiger partial charge in [-0.2, -0.15) is 0 Å². The minimum atomic E-state index is -1.62. The van der Waals surface area contributed by atoms with Gasteiger partial charge in [0.05, 0.1) is 29.1 Å². The molecule has 2 heterocycles. The van der Waals surface area contributed by atoms with Gasteiger partial charge in [-0.25, -0.2) is 9.18 Å². The molecule has 2 aromatic rings. The summed E-state index contributed by atoms with van der Waals surface area (Å²) in [5.41, 5.74) is 4.49. The molecule has 1 fully saturated rings. The molecule has 7 nitrogen and oxygen atoms in total. The van der Waals surface area contributed by atoms with Gasteiger partial charge in [0.15, 0.2) is 0 Å². The topological polar surface area (TPSA) is 97.8 Å². The first-order chi connectivity index (χ1) is 13.5. The predicted molar refractivity (Wildman–Crippen MR) is 109 cm³/mol. The van der Waals surface area contributed by atoms with Crippen LogP contribution in [-0.4, -0.2) is 47.8 Å². The van der Waals surface area contributed by atoms with Gasteiger partial charge in [0.1, 0.15) is 16.9 Å². The minimum absolute atomic E-state index is 0.102. The normalized spacial score (nSPS) is 16.7. The highest BCUT2D eigenvalue weighted by molar-refractivity contribution is 6.35. The standard InChI is InChI=1S/C20H25ClFN3O4/c1-19(2,3)29-18(27)25-7-5-20(22,6-8-25)11-24-17(26)13-10-14(21)15(23)12-4-9-28-16(12)13/h4,9-10H,5-8,11,23H2,1-3H3,(H,24,26). The summed E-state index contributed by atoms with van der Waals surface area (Å²) in [6.45, 7) is 5.60. The molecule has 0 radical (unpaired) electrons. The summed E-state index contributed by atoms with van der Waals surface area (Å²) >= 11 is 6.09. The van der Waals surface area contributed by atoms with E-state index < -0.39 is 23.3 Å². The van der Waals surface area contributed by atoms with Crippen LogP contribution < -0.4 is 11.1 Å². The fourth-order valence-corrected chi connectivity index (χ4v) is 3.44. The van der Waals surface area contributed by atoms with Gasteiger partial charge in [-0.05, 0) is 32.9 Å². The number of amides is 2. The van der Waals surface area contributed by atoms with E-state index in [1.807, 2.05) is 0 Å². The molecule has 0 atom stereocenters. The van der Waals surface area contributed by atoms with E-state index in [1.54, 1.807) is 26.8 Å². The maximum absolute atomic E-state index is 15.2. The first-order valence-electron chi connectivity index (χ1n) is 9.39. The molecule has 29 heavy (non-hydrogen) atoms. The summed E-state index contributed by atoms with van der Waals surface area (Å²) in [6, 6.07) is 3.03. The number of hydrogen-bond donors (Lipinski definition) is 2. The SMILES string of the molecule is CC(C)(C)OC(=O)N1CCC(F)(CNC(=O)c2cc(Cl)c(N)c3ccoc23)CC1. The van der Waals surface area contributed by atoms with Gasteiger partial charge in [-0.1, -0.05) is 11.6 Å². The van der Waals surface area contributed by atoms with Crippen molar-refractivity contribution in [3.63, 3.8) is 0 Å². The number of halogens is 2. The van der Waals surface area contributed by atoms with E-state index in [1.165, 1.54) is 17.2 Å². The van der Waals surface area contributed by atoms with Crippen LogP contribution in [0, 0.1) is 0 Å². The van der Waals surface area contributed by atoms with Crippen LogP contribution in [0.25, 0.3) is 11.0 Å².